The molecule has 22 heavy (non-hydrogen) atoms. The highest BCUT2D eigenvalue weighted by Gasteiger charge is 2.26. The maximum atomic E-state index is 12.3. The van der Waals surface area contributed by atoms with E-state index in [1.54, 1.807) is 18.2 Å². The Kier molecular flexibility index (Phi) is 5.62. The number of aromatic nitrogens is 2. The fourth-order valence-corrected chi connectivity index (χ4v) is 2.72. The van der Waals surface area contributed by atoms with E-state index >= 15 is 0 Å². The molecule has 2 aromatic rings. The van der Waals surface area contributed by atoms with Gasteiger partial charge in [-0.25, -0.2) is 0 Å². The van der Waals surface area contributed by atoms with Crippen LogP contribution >= 0.6 is 27.3 Å². The summed E-state index contributed by atoms with van der Waals surface area (Å²) in [6.45, 7) is 3.73. The molecule has 2 N–H and O–H groups in total. The summed E-state index contributed by atoms with van der Waals surface area (Å²) in [4.78, 5) is 24.6. The Labute approximate surface area is 140 Å². The quantitative estimate of drug-likeness (QED) is 0.832. The Hall–Kier alpha value is -1.80. The molecule has 0 bridgehead atoms. The molecule has 8 heteroatoms. The number of hydrogen-bond acceptors (Lipinski definition) is 5. The Morgan fingerprint density at radius 2 is 2.00 bits per heavy atom. The first-order valence-electron chi connectivity index (χ1n) is 6.61. The molecule has 0 aliphatic heterocycles. The van der Waals surface area contributed by atoms with Crippen LogP contribution in [0.3, 0.4) is 0 Å². The Morgan fingerprint density at radius 3 is 2.59 bits per heavy atom. The number of amides is 2. The number of carbonyl (C=O) groups excluding carboxylic acids is 2. The van der Waals surface area contributed by atoms with Gasteiger partial charge in [-0.3, -0.25) is 14.9 Å². The maximum absolute atomic E-state index is 12.3. The molecule has 0 fully saturated rings. The average molecular weight is 383 g/mol. The second-order valence-corrected chi connectivity index (χ2v) is 6.60. The number of rotatable bonds is 5. The Bertz CT molecular complexity index is 661. The largest absolute Gasteiger partial charge is 0.340 e. The number of halogens is 1. The monoisotopic (exact) mass is 382 g/mol. The molecule has 0 aliphatic rings. The molecule has 116 valence electrons. The Morgan fingerprint density at radius 1 is 1.27 bits per heavy atom. The van der Waals surface area contributed by atoms with Gasteiger partial charge >= 0.3 is 0 Å². The molecule has 0 radical (unpaired) electrons. The van der Waals surface area contributed by atoms with Crippen molar-refractivity contribution >= 4 is 44.2 Å². The zero-order valence-electron chi connectivity index (χ0n) is 12.0. The molecule has 0 saturated carbocycles. The summed E-state index contributed by atoms with van der Waals surface area (Å²) in [5, 5.41) is 13.2. The van der Waals surface area contributed by atoms with E-state index in [0.717, 1.165) is 0 Å². The highest BCUT2D eigenvalue weighted by Crippen LogP contribution is 2.17. The van der Waals surface area contributed by atoms with Gasteiger partial charge in [0.25, 0.3) is 5.91 Å². The van der Waals surface area contributed by atoms with Gasteiger partial charge in [0.1, 0.15) is 11.6 Å². The fraction of sp³-hybridized carbons (Fsp3) is 0.286. The first-order valence-corrected chi connectivity index (χ1v) is 8.28. The normalized spacial score (nSPS) is 12.0. The summed E-state index contributed by atoms with van der Waals surface area (Å²) < 4.78 is 0.680. The molecule has 1 atom stereocenters. The lowest BCUT2D eigenvalue weighted by Gasteiger charge is -2.21. The predicted octanol–water partition coefficient (Wildman–Crippen LogP) is 2.69. The van der Waals surface area contributed by atoms with Crippen LogP contribution in [-0.4, -0.2) is 28.1 Å². The van der Waals surface area contributed by atoms with Gasteiger partial charge in [-0.05, 0) is 34.0 Å². The van der Waals surface area contributed by atoms with E-state index in [1.807, 2.05) is 19.9 Å². The minimum Gasteiger partial charge on any atom is -0.340 e. The van der Waals surface area contributed by atoms with Crippen LogP contribution in [0.5, 0.6) is 0 Å². The molecule has 0 aliphatic carbocycles. The zero-order valence-corrected chi connectivity index (χ0v) is 14.4. The number of carbonyl (C=O) groups is 2. The molecule has 1 aromatic carbocycles. The SMILES string of the molecule is CC(C)C(NC(=O)c1ccccc1Br)C(=O)Nc1nncs1. The van der Waals surface area contributed by atoms with E-state index in [2.05, 4.69) is 36.8 Å². The van der Waals surface area contributed by atoms with Crippen molar-refractivity contribution in [2.75, 3.05) is 5.32 Å². The van der Waals surface area contributed by atoms with Gasteiger partial charge in [0, 0.05) is 4.47 Å². The summed E-state index contributed by atoms with van der Waals surface area (Å²) in [6.07, 6.45) is 0. The van der Waals surface area contributed by atoms with Crippen LogP contribution in [0.15, 0.2) is 34.2 Å². The zero-order chi connectivity index (χ0) is 16.1. The molecule has 1 heterocycles. The van der Waals surface area contributed by atoms with E-state index < -0.39 is 6.04 Å². The predicted molar refractivity (Wildman–Crippen MR) is 88.8 cm³/mol. The van der Waals surface area contributed by atoms with Crippen molar-refractivity contribution in [2.24, 2.45) is 5.92 Å². The molecule has 2 rings (SSSR count). The van der Waals surface area contributed by atoms with Gasteiger partial charge in [0.2, 0.25) is 11.0 Å². The van der Waals surface area contributed by atoms with Crippen molar-refractivity contribution in [2.45, 2.75) is 19.9 Å². The lowest BCUT2D eigenvalue weighted by atomic mass is 10.0. The van der Waals surface area contributed by atoms with Gasteiger partial charge in [-0.2, -0.15) is 0 Å². The van der Waals surface area contributed by atoms with Crippen molar-refractivity contribution in [1.29, 1.82) is 0 Å². The summed E-state index contributed by atoms with van der Waals surface area (Å²) in [5.41, 5.74) is 2.01. The summed E-state index contributed by atoms with van der Waals surface area (Å²) in [7, 11) is 0. The third-order valence-electron chi connectivity index (χ3n) is 2.94. The molecule has 1 unspecified atom stereocenters. The number of benzene rings is 1. The standard InChI is InChI=1S/C14H15BrN4O2S/c1-8(2)11(13(21)18-14-19-16-7-22-14)17-12(20)9-5-3-4-6-10(9)15/h3-8,11H,1-2H3,(H,17,20)(H,18,19,21). The maximum Gasteiger partial charge on any atom is 0.253 e. The van der Waals surface area contributed by atoms with Crippen molar-refractivity contribution in [3.05, 3.63) is 39.8 Å². The third kappa shape index (κ3) is 4.11. The number of nitrogens with zero attached hydrogens (tertiary/aromatic N) is 2. The van der Waals surface area contributed by atoms with E-state index in [0.29, 0.717) is 15.2 Å². The van der Waals surface area contributed by atoms with Gasteiger partial charge in [-0.15, -0.1) is 10.2 Å². The number of hydrogen-bond donors (Lipinski definition) is 2. The molecule has 1 aromatic heterocycles. The molecule has 0 saturated heterocycles. The minimum atomic E-state index is -0.663. The molecular formula is C14H15BrN4O2S. The lowest BCUT2D eigenvalue weighted by Crippen LogP contribution is -2.47. The van der Waals surface area contributed by atoms with Crippen LogP contribution in [0.25, 0.3) is 0 Å². The van der Waals surface area contributed by atoms with Gasteiger partial charge < -0.3 is 5.32 Å². The second kappa shape index (κ2) is 7.46. The van der Waals surface area contributed by atoms with Gasteiger partial charge in [0.15, 0.2) is 0 Å². The topological polar surface area (TPSA) is 84.0 Å². The fourth-order valence-electron chi connectivity index (χ4n) is 1.81. The number of nitrogens with one attached hydrogen (secondary N) is 2. The van der Waals surface area contributed by atoms with E-state index in [-0.39, 0.29) is 17.7 Å². The molecule has 6 nitrogen and oxygen atoms in total. The van der Waals surface area contributed by atoms with Gasteiger partial charge in [0.05, 0.1) is 5.56 Å². The highest BCUT2D eigenvalue weighted by molar-refractivity contribution is 9.10. The van der Waals surface area contributed by atoms with Crippen molar-refractivity contribution in [3.63, 3.8) is 0 Å². The van der Waals surface area contributed by atoms with E-state index in [1.165, 1.54) is 16.8 Å². The first kappa shape index (κ1) is 16.6. The first-order chi connectivity index (χ1) is 10.5. The minimum absolute atomic E-state index is 0.0700. The molecule has 2 amide bonds. The lowest BCUT2D eigenvalue weighted by molar-refractivity contribution is -0.118. The van der Waals surface area contributed by atoms with Crippen molar-refractivity contribution in [3.8, 4) is 0 Å². The van der Waals surface area contributed by atoms with Crippen LogP contribution in [0.2, 0.25) is 0 Å². The smallest absolute Gasteiger partial charge is 0.253 e. The van der Waals surface area contributed by atoms with Crippen LogP contribution in [-0.2, 0) is 4.79 Å². The van der Waals surface area contributed by atoms with Crippen LogP contribution < -0.4 is 10.6 Å². The summed E-state index contributed by atoms with van der Waals surface area (Å²) >= 11 is 4.56. The van der Waals surface area contributed by atoms with Crippen LogP contribution in [0.4, 0.5) is 5.13 Å². The third-order valence-corrected chi connectivity index (χ3v) is 4.24. The molecule has 0 spiro atoms. The van der Waals surface area contributed by atoms with E-state index in [4.69, 9.17) is 0 Å². The number of anilines is 1. The summed E-state index contributed by atoms with van der Waals surface area (Å²) in [5.74, 6) is -0.690. The van der Waals surface area contributed by atoms with Crippen LogP contribution in [0.1, 0.15) is 24.2 Å². The second-order valence-electron chi connectivity index (χ2n) is 4.91. The van der Waals surface area contributed by atoms with E-state index in [9.17, 15) is 9.59 Å². The van der Waals surface area contributed by atoms with Crippen LogP contribution in [0, 0.1) is 5.92 Å². The Balaban J connectivity index is 2.10. The average Bonchev–Trinajstić information content (AvgIpc) is 2.97. The highest BCUT2D eigenvalue weighted by atomic mass is 79.9. The summed E-state index contributed by atoms with van der Waals surface area (Å²) in [6, 6.07) is 6.40. The van der Waals surface area contributed by atoms with Crippen molar-refractivity contribution in [1.82, 2.24) is 15.5 Å². The van der Waals surface area contributed by atoms with Crippen molar-refractivity contribution < 1.29 is 9.59 Å². The molecular weight excluding hydrogens is 368 g/mol. The van der Waals surface area contributed by atoms with Gasteiger partial charge in [-0.1, -0.05) is 37.3 Å².